The van der Waals surface area contributed by atoms with Gasteiger partial charge >= 0.3 is 12.1 Å². The van der Waals surface area contributed by atoms with Crippen LogP contribution in [0.2, 0.25) is 0 Å². The minimum atomic E-state index is -1.48. The van der Waals surface area contributed by atoms with E-state index < -0.39 is 47.7 Å². The molecule has 284 valence electrons. The molecule has 0 aromatic carbocycles. The molecule has 0 aromatic heterocycles. The van der Waals surface area contributed by atoms with Gasteiger partial charge in [0.25, 0.3) is 0 Å². The standard InChI is InChI=1S/C39H64N2O9/c1-7-31(43)28(4)36-32(48-36)25-38(5,46)18-10-12-26(2)35-27(3)15-16-33(39(6,47)19-17-30(42)24-34(44)50-35)49-37(45)41-21-11-20-40(22-23-41)29-13-8-9-14-29/h10,12,15-16,18,27-33,35-36,42-43,46-47H,7-9,11,13-14,17,19-25H2,1-6H3/b16-15+,18-10+,26-12+/t27?,28?,30?,31?,32?,33?,35?,36-,38?,39?/m1/s1. The Morgan fingerprint density at radius 1 is 1.16 bits per heavy atom. The van der Waals surface area contributed by atoms with Crippen LogP contribution in [0.4, 0.5) is 4.79 Å². The first-order valence-corrected chi connectivity index (χ1v) is 19.0. The summed E-state index contributed by atoms with van der Waals surface area (Å²) in [6.07, 6.45) is 11.7. The predicted octanol–water partition coefficient (Wildman–Crippen LogP) is 4.66. The molecule has 2 saturated heterocycles. The van der Waals surface area contributed by atoms with E-state index in [4.69, 9.17) is 14.2 Å². The van der Waals surface area contributed by atoms with E-state index in [-0.39, 0.29) is 43.3 Å². The van der Waals surface area contributed by atoms with Crippen molar-refractivity contribution in [1.29, 1.82) is 0 Å². The molecule has 3 heterocycles. The Morgan fingerprint density at radius 2 is 1.88 bits per heavy atom. The van der Waals surface area contributed by atoms with Gasteiger partial charge < -0.3 is 39.5 Å². The van der Waals surface area contributed by atoms with E-state index in [1.54, 1.807) is 49.1 Å². The molecule has 0 spiro atoms. The molecule has 4 N–H and O–H groups in total. The number of carbonyl (C=O) groups excluding carboxylic acids is 2. The average molecular weight is 705 g/mol. The highest BCUT2D eigenvalue weighted by molar-refractivity contribution is 5.70. The van der Waals surface area contributed by atoms with Crippen LogP contribution >= 0.6 is 0 Å². The number of esters is 1. The maximum atomic E-state index is 13.5. The first kappa shape index (κ1) is 40.5. The Balaban J connectivity index is 1.44. The van der Waals surface area contributed by atoms with Gasteiger partial charge in [-0.15, -0.1) is 0 Å². The summed E-state index contributed by atoms with van der Waals surface area (Å²) in [6, 6.07) is 0.595. The number of ether oxygens (including phenoxy) is 3. The van der Waals surface area contributed by atoms with Gasteiger partial charge in [0.05, 0.1) is 36.4 Å². The summed E-state index contributed by atoms with van der Waals surface area (Å²) < 4.78 is 17.7. The predicted molar refractivity (Wildman–Crippen MR) is 191 cm³/mol. The lowest BCUT2D eigenvalue weighted by Gasteiger charge is -2.34. The summed E-state index contributed by atoms with van der Waals surface area (Å²) in [7, 11) is 0. The Kier molecular flexibility index (Phi) is 14.6. The van der Waals surface area contributed by atoms with Gasteiger partial charge in [-0.1, -0.05) is 57.9 Å². The van der Waals surface area contributed by atoms with Crippen molar-refractivity contribution >= 4 is 12.1 Å². The molecule has 11 nitrogen and oxygen atoms in total. The van der Waals surface area contributed by atoms with Crippen molar-refractivity contribution in [3.63, 3.8) is 0 Å². The third kappa shape index (κ3) is 11.6. The van der Waals surface area contributed by atoms with Gasteiger partial charge in [-0.2, -0.15) is 0 Å². The van der Waals surface area contributed by atoms with Crippen LogP contribution in [-0.2, 0) is 19.0 Å². The molecular formula is C39H64N2O9. The molecular weight excluding hydrogens is 640 g/mol. The quantitative estimate of drug-likeness (QED) is 0.109. The van der Waals surface area contributed by atoms with E-state index in [2.05, 4.69) is 4.90 Å². The summed E-state index contributed by atoms with van der Waals surface area (Å²) in [6.45, 7) is 13.8. The number of hydrogen-bond donors (Lipinski definition) is 4. The molecule has 10 atom stereocenters. The van der Waals surface area contributed by atoms with E-state index in [1.807, 2.05) is 27.7 Å². The van der Waals surface area contributed by atoms with E-state index in [9.17, 15) is 30.0 Å². The molecule has 1 saturated carbocycles. The van der Waals surface area contributed by atoms with Crippen molar-refractivity contribution in [1.82, 2.24) is 9.80 Å². The first-order valence-electron chi connectivity index (χ1n) is 19.0. The topological polar surface area (TPSA) is 153 Å². The van der Waals surface area contributed by atoms with Crippen molar-refractivity contribution in [2.45, 2.75) is 160 Å². The fourth-order valence-electron chi connectivity index (χ4n) is 7.74. The zero-order valence-electron chi connectivity index (χ0n) is 31.2. The van der Waals surface area contributed by atoms with E-state index in [0.29, 0.717) is 37.5 Å². The van der Waals surface area contributed by atoms with Crippen LogP contribution in [0.25, 0.3) is 0 Å². The van der Waals surface area contributed by atoms with Crippen LogP contribution in [0.1, 0.15) is 106 Å². The highest BCUT2D eigenvalue weighted by Crippen LogP contribution is 2.37. The molecule has 0 aromatic rings. The molecule has 4 rings (SSSR count). The van der Waals surface area contributed by atoms with Crippen molar-refractivity contribution in [3.8, 4) is 0 Å². The zero-order chi connectivity index (χ0) is 36.6. The fourth-order valence-corrected chi connectivity index (χ4v) is 7.74. The molecule has 0 radical (unpaired) electrons. The van der Waals surface area contributed by atoms with Gasteiger partial charge in [-0.3, -0.25) is 9.69 Å². The molecule has 1 aliphatic carbocycles. The maximum absolute atomic E-state index is 13.5. The lowest BCUT2D eigenvalue weighted by Crippen LogP contribution is -2.46. The lowest BCUT2D eigenvalue weighted by molar-refractivity contribution is -0.151. The van der Waals surface area contributed by atoms with Gasteiger partial charge in [0, 0.05) is 50.5 Å². The minimum Gasteiger partial charge on any atom is -0.457 e. The number of nitrogens with zero attached hydrogens (tertiary/aromatic N) is 2. The number of hydrogen-bond acceptors (Lipinski definition) is 10. The first-order chi connectivity index (χ1) is 23.6. The van der Waals surface area contributed by atoms with E-state index in [1.165, 1.54) is 25.7 Å². The Morgan fingerprint density at radius 3 is 2.58 bits per heavy atom. The summed E-state index contributed by atoms with van der Waals surface area (Å²) in [4.78, 5) is 30.6. The summed E-state index contributed by atoms with van der Waals surface area (Å²) >= 11 is 0. The number of aliphatic hydroxyl groups is 4. The van der Waals surface area contributed by atoms with Crippen LogP contribution < -0.4 is 0 Å². The second kappa shape index (κ2) is 18.0. The van der Waals surface area contributed by atoms with E-state index in [0.717, 1.165) is 19.5 Å². The number of allylic oxidation sites excluding steroid dienone is 2. The third-order valence-corrected chi connectivity index (χ3v) is 11.2. The van der Waals surface area contributed by atoms with Crippen molar-refractivity contribution < 1.29 is 44.2 Å². The minimum absolute atomic E-state index is 0.0101. The van der Waals surface area contributed by atoms with Gasteiger partial charge in [0.1, 0.15) is 11.7 Å². The monoisotopic (exact) mass is 704 g/mol. The zero-order valence-corrected chi connectivity index (χ0v) is 31.2. The number of cyclic esters (lactones) is 1. The van der Waals surface area contributed by atoms with E-state index >= 15 is 0 Å². The number of carbonyl (C=O) groups is 2. The van der Waals surface area contributed by atoms with Crippen LogP contribution in [0.3, 0.4) is 0 Å². The fraction of sp³-hybridized carbons (Fsp3) is 0.795. The number of amides is 1. The van der Waals surface area contributed by atoms with Crippen molar-refractivity contribution in [3.05, 3.63) is 36.0 Å². The lowest BCUT2D eigenvalue weighted by atomic mass is 9.88. The molecule has 1 amide bonds. The van der Waals surface area contributed by atoms with Gasteiger partial charge in [-0.05, 0) is 70.9 Å². The molecule has 3 fully saturated rings. The smallest absolute Gasteiger partial charge is 0.410 e. The van der Waals surface area contributed by atoms with Gasteiger partial charge in [-0.25, -0.2) is 4.79 Å². The molecule has 3 aliphatic heterocycles. The Bertz CT molecular complexity index is 1210. The normalized spacial score (nSPS) is 35.7. The molecule has 50 heavy (non-hydrogen) atoms. The summed E-state index contributed by atoms with van der Waals surface area (Å²) in [5.74, 6) is -0.935. The largest absolute Gasteiger partial charge is 0.457 e. The van der Waals surface area contributed by atoms with Crippen molar-refractivity contribution in [2.75, 3.05) is 26.2 Å². The number of aliphatic hydroxyl groups excluding tert-OH is 2. The summed E-state index contributed by atoms with van der Waals surface area (Å²) in [5.41, 5.74) is -1.93. The highest BCUT2D eigenvalue weighted by Gasteiger charge is 2.47. The second-order valence-corrected chi connectivity index (χ2v) is 15.8. The van der Waals surface area contributed by atoms with Gasteiger partial charge in [0.15, 0.2) is 6.10 Å². The third-order valence-electron chi connectivity index (χ3n) is 11.2. The number of rotatable bonds is 10. The van der Waals surface area contributed by atoms with Crippen LogP contribution in [-0.4, -0.2) is 122 Å². The molecule has 9 unspecified atom stereocenters. The molecule has 4 aliphatic rings. The highest BCUT2D eigenvalue weighted by atomic mass is 16.6. The molecule has 11 heteroatoms. The maximum Gasteiger partial charge on any atom is 0.410 e. The SMILES string of the molecule is CCC(O)C(C)[C@H]1OC1CC(C)(O)/C=C/C=C(\C)C1OC(=O)CC(O)CCC(C)(O)C(OC(=O)N2CCCN(C3CCCC3)CC2)/C=C/C1C. The number of epoxide rings is 1. The molecule has 0 bridgehead atoms. The van der Waals surface area contributed by atoms with Crippen molar-refractivity contribution in [2.24, 2.45) is 11.8 Å². The van der Waals surface area contributed by atoms with Crippen LogP contribution in [0.5, 0.6) is 0 Å². The Labute approximate surface area is 299 Å². The van der Waals surface area contributed by atoms with Gasteiger partial charge in [0.2, 0.25) is 0 Å². The second-order valence-electron chi connectivity index (χ2n) is 15.8. The summed E-state index contributed by atoms with van der Waals surface area (Å²) in [5, 5.41) is 43.4. The van der Waals surface area contributed by atoms with Crippen LogP contribution in [0, 0.1) is 11.8 Å². The Hall–Kier alpha value is -2.28. The van der Waals surface area contributed by atoms with Crippen LogP contribution in [0.15, 0.2) is 36.0 Å². The average Bonchev–Trinajstić information content (AvgIpc) is 3.68.